The monoisotopic (exact) mass is 622 g/mol. The Bertz CT molecular complexity index is 1190. The number of benzene rings is 1. The Labute approximate surface area is 253 Å². The highest BCUT2D eigenvalue weighted by atomic mass is 32.2. The highest BCUT2D eigenvalue weighted by molar-refractivity contribution is 8.37. The van der Waals surface area contributed by atoms with Gasteiger partial charge in [-0.1, -0.05) is 67.0 Å². The number of aromatic nitrogens is 3. The van der Waals surface area contributed by atoms with Crippen molar-refractivity contribution in [2.75, 3.05) is 65.4 Å². The van der Waals surface area contributed by atoms with Gasteiger partial charge >= 0.3 is 0 Å². The van der Waals surface area contributed by atoms with Gasteiger partial charge in [-0.25, -0.2) is 4.68 Å². The van der Waals surface area contributed by atoms with Gasteiger partial charge < -0.3 is 19.6 Å². The van der Waals surface area contributed by atoms with Crippen molar-refractivity contribution in [1.82, 2.24) is 34.6 Å². The summed E-state index contributed by atoms with van der Waals surface area (Å²) in [4.78, 5) is 33.6. The molecule has 0 unspecified atom stereocenters. The number of non-ortho nitro benzene ring substituents is 1. The maximum absolute atomic E-state index is 14.0. The molecular formula is C25H34N8O3S4. The molecule has 15 heteroatoms. The van der Waals surface area contributed by atoms with Gasteiger partial charge in [-0.2, -0.15) is 0 Å². The SMILES string of the molecule is CCN1CCN(C(=S)SC(SC(=S)N2CCN(CC)CC2)C(=O)c2nnn(-c3ccc([N+](=O)[O-])cc3)c2C)CC1. The first-order chi connectivity index (χ1) is 19.2. The summed E-state index contributed by atoms with van der Waals surface area (Å²) < 4.78 is 2.27. The Kier molecular flexibility index (Phi) is 10.9. The molecule has 216 valence electrons. The molecule has 2 saturated heterocycles. The molecule has 0 aliphatic carbocycles. The molecule has 2 aliphatic rings. The molecule has 0 atom stereocenters. The Morgan fingerprint density at radius 3 is 1.82 bits per heavy atom. The lowest BCUT2D eigenvalue weighted by Gasteiger charge is -2.37. The zero-order chi connectivity index (χ0) is 28.8. The van der Waals surface area contributed by atoms with E-state index in [4.69, 9.17) is 24.4 Å². The Hall–Kier alpha value is -2.17. The van der Waals surface area contributed by atoms with E-state index >= 15 is 0 Å². The molecule has 0 amide bonds. The predicted molar refractivity (Wildman–Crippen MR) is 169 cm³/mol. The second-order valence-corrected chi connectivity index (χ2v) is 13.3. The molecule has 0 saturated carbocycles. The van der Waals surface area contributed by atoms with Gasteiger partial charge in [-0.15, -0.1) is 5.10 Å². The molecule has 0 radical (unpaired) electrons. The van der Waals surface area contributed by atoms with E-state index in [0.29, 0.717) is 20.0 Å². The van der Waals surface area contributed by atoms with Crippen LogP contribution < -0.4 is 0 Å². The number of nitro benzene ring substituents is 1. The van der Waals surface area contributed by atoms with Crippen molar-refractivity contribution in [1.29, 1.82) is 0 Å². The summed E-state index contributed by atoms with van der Waals surface area (Å²) in [7, 11) is 0. The van der Waals surface area contributed by atoms with Gasteiger partial charge in [0.1, 0.15) is 13.2 Å². The number of nitro groups is 1. The minimum atomic E-state index is -0.617. The molecule has 11 nitrogen and oxygen atoms in total. The fraction of sp³-hybridized carbons (Fsp3) is 0.560. The Morgan fingerprint density at radius 1 is 0.925 bits per heavy atom. The molecule has 40 heavy (non-hydrogen) atoms. The number of rotatable bonds is 8. The first-order valence-corrected chi connectivity index (χ1v) is 15.9. The average Bonchev–Trinajstić information content (AvgIpc) is 3.37. The number of carbonyl (C=O) groups is 1. The minimum absolute atomic E-state index is 0.0211. The van der Waals surface area contributed by atoms with Crippen LogP contribution in [0.15, 0.2) is 24.3 Å². The maximum atomic E-state index is 14.0. The number of Topliss-reactive ketones (excluding diaryl/α,β-unsaturated/α-hetero) is 1. The van der Waals surface area contributed by atoms with E-state index in [1.807, 2.05) is 0 Å². The van der Waals surface area contributed by atoms with Gasteiger partial charge in [0.05, 0.1) is 16.3 Å². The van der Waals surface area contributed by atoms with Crippen molar-refractivity contribution in [3.8, 4) is 5.69 Å². The number of nitrogens with zero attached hydrogens (tertiary/aromatic N) is 8. The number of piperazine rings is 2. The quantitative estimate of drug-likeness (QED) is 0.142. The molecule has 0 spiro atoms. The normalized spacial score (nSPS) is 16.9. The van der Waals surface area contributed by atoms with Gasteiger partial charge in [0, 0.05) is 64.5 Å². The smallest absolute Gasteiger partial charge is 0.269 e. The van der Waals surface area contributed by atoms with Gasteiger partial charge in [-0.05, 0) is 32.1 Å². The third kappa shape index (κ3) is 7.36. The van der Waals surface area contributed by atoms with Gasteiger partial charge in [0.25, 0.3) is 5.69 Å². The summed E-state index contributed by atoms with van der Waals surface area (Å²) in [5, 5.41) is 19.5. The fourth-order valence-electron chi connectivity index (χ4n) is 4.59. The van der Waals surface area contributed by atoms with Crippen LogP contribution >= 0.6 is 48.0 Å². The van der Waals surface area contributed by atoms with Crippen LogP contribution in [0.2, 0.25) is 0 Å². The van der Waals surface area contributed by atoms with Crippen molar-refractivity contribution in [3.05, 3.63) is 45.8 Å². The number of thioether (sulfide) groups is 2. The first-order valence-electron chi connectivity index (χ1n) is 13.3. The summed E-state index contributed by atoms with van der Waals surface area (Å²) >= 11 is 14.4. The van der Waals surface area contributed by atoms with Crippen LogP contribution in [0, 0.1) is 17.0 Å². The van der Waals surface area contributed by atoms with Crippen LogP contribution in [0.5, 0.6) is 0 Å². The number of hydrogen-bond donors (Lipinski definition) is 0. The Morgan fingerprint density at radius 2 is 1.40 bits per heavy atom. The highest BCUT2D eigenvalue weighted by Crippen LogP contribution is 2.33. The standard InChI is InChI=1S/C25H34N8O3S4/c1-4-28-10-14-30(15-11-28)24(37)39-23(40-25(38)31-16-12-29(5-2)13-17-31)22(34)21-18(3)32(27-26-21)19-6-8-20(9-7-19)33(35)36/h6-9,23H,4-5,10-17H2,1-3H3. The summed E-state index contributed by atoms with van der Waals surface area (Å²) in [5.74, 6) is -0.204. The van der Waals surface area contributed by atoms with Crippen molar-refractivity contribution in [2.24, 2.45) is 0 Å². The number of carbonyl (C=O) groups excluding carboxylic acids is 1. The molecule has 1 aromatic heterocycles. The van der Waals surface area contributed by atoms with E-state index in [1.165, 1.54) is 40.3 Å². The molecular weight excluding hydrogens is 589 g/mol. The van der Waals surface area contributed by atoms with E-state index in [-0.39, 0.29) is 17.2 Å². The summed E-state index contributed by atoms with van der Waals surface area (Å²) in [6.45, 7) is 15.1. The minimum Gasteiger partial charge on any atom is -0.355 e. The van der Waals surface area contributed by atoms with Crippen molar-refractivity contribution < 1.29 is 9.72 Å². The average molecular weight is 623 g/mol. The molecule has 4 rings (SSSR count). The number of likely N-dealkylation sites (N-methyl/N-ethyl adjacent to an activating group) is 2. The molecule has 0 bridgehead atoms. The van der Waals surface area contributed by atoms with E-state index < -0.39 is 9.51 Å². The first kappa shape index (κ1) is 30.8. The topological polar surface area (TPSA) is 104 Å². The largest absolute Gasteiger partial charge is 0.355 e. The summed E-state index contributed by atoms with van der Waals surface area (Å²) in [6.07, 6.45) is 0. The zero-order valence-electron chi connectivity index (χ0n) is 22.9. The third-order valence-electron chi connectivity index (χ3n) is 7.22. The van der Waals surface area contributed by atoms with E-state index in [2.05, 4.69) is 43.8 Å². The van der Waals surface area contributed by atoms with E-state index in [0.717, 1.165) is 65.4 Å². The fourth-order valence-corrected chi connectivity index (χ4v) is 8.10. The van der Waals surface area contributed by atoms with Crippen LogP contribution in [0.1, 0.15) is 30.0 Å². The van der Waals surface area contributed by atoms with E-state index in [1.54, 1.807) is 19.1 Å². The van der Waals surface area contributed by atoms with E-state index in [9.17, 15) is 14.9 Å². The molecule has 2 aliphatic heterocycles. The predicted octanol–water partition coefficient (Wildman–Crippen LogP) is 3.30. The van der Waals surface area contributed by atoms with Crippen molar-refractivity contribution in [2.45, 2.75) is 25.4 Å². The molecule has 0 N–H and O–H groups in total. The lowest BCUT2D eigenvalue weighted by Crippen LogP contribution is -2.48. The zero-order valence-corrected chi connectivity index (χ0v) is 26.2. The van der Waals surface area contributed by atoms with Crippen LogP contribution in [0.3, 0.4) is 0 Å². The number of hydrogen-bond acceptors (Lipinski definition) is 11. The second kappa shape index (κ2) is 14.1. The third-order valence-corrected chi connectivity index (χ3v) is 10.7. The lowest BCUT2D eigenvalue weighted by molar-refractivity contribution is -0.384. The van der Waals surface area contributed by atoms with Gasteiger partial charge in [-0.3, -0.25) is 14.9 Å². The van der Waals surface area contributed by atoms with Crippen LogP contribution in [0.25, 0.3) is 5.69 Å². The second-order valence-electron chi connectivity index (χ2n) is 9.52. The van der Waals surface area contributed by atoms with Gasteiger partial charge in [0.2, 0.25) is 5.78 Å². The molecule has 1 aromatic carbocycles. The molecule has 2 fully saturated rings. The van der Waals surface area contributed by atoms with Crippen molar-refractivity contribution in [3.63, 3.8) is 0 Å². The van der Waals surface area contributed by atoms with Crippen LogP contribution in [-0.4, -0.2) is 124 Å². The number of thiocarbonyl (C=S) groups is 2. The lowest BCUT2D eigenvalue weighted by atomic mass is 10.2. The Balaban J connectivity index is 1.53. The van der Waals surface area contributed by atoms with Crippen molar-refractivity contribution >= 4 is 68.1 Å². The molecule has 3 heterocycles. The highest BCUT2D eigenvalue weighted by Gasteiger charge is 2.33. The van der Waals surface area contributed by atoms with Gasteiger partial charge in [0.15, 0.2) is 5.69 Å². The maximum Gasteiger partial charge on any atom is 0.269 e. The van der Waals surface area contributed by atoms with Crippen LogP contribution in [-0.2, 0) is 0 Å². The summed E-state index contributed by atoms with van der Waals surface area (Å²) in [6, 6.07) is 5.98. The van der Waals surface area contributed by atoms with Crippen LogP contribution in [0.4, 0.5) is 5.69 Å². The summed E-state index contributed by atoms with van der Waals surface area (Å²) in [5.41, 5.74) is 1.35. The molecule has 2 aromatic rings. The number of ketones is 1.